The average molecular weight is 395 g/mol. The summed E-state index contributed by atoms with van der Waals surface area (Å²) in [5, 5.41) is 8.09. The molecule has 0 radical (unpaired) electrons. The maximum Gasteiger partial charge on any atom is 0.232 e. The zero-order valence-electron chi connectivity index (χ0n) is 14.6. The first-order valence-electron chi connectivity index (χ1n) is 8.39. The Morgan fingerprint density at radius 2 is 2.04 bits per heavy atom. The van der Waals surface area contributed by atoms with Gasteiger partial charge in [0.2, 0.25) is 5.95 Å². The zero-order chi connectivity index (χ0) is 18.5. The molecule has 6 nitrogen and oxygen atoms in total. The van der Waals surface area contributed by atoms with E-state index in [2.05, 4.69) is 39.1 Å². The lowest BCUT2D eigenvalue weighted by molar-refractivity contribution is 0.324. The molecule has 0 bridgehead atoms. The minimum Gasteiger partial charge on any atom is -0.324 e. The number of halogens is 2. The van der Waals surface area contributed by atoms with Gasteiger partial charge in [-0.2, -0.15) is 14.6 Å². The van der Waals surface area contributed by atoms with E-state index in [-0.39, 0.29) is 5.02 Å². The van der Waals surface area contributed by atoms with Crippen molar-refractivity contribution in [2.24, 2.45) is 0 Å². The second-order valence-electron chi connectivity index (χ2n) is 5.56. The van der Waals surface area contributed by atoms with Crippen molar-refractivity contribution in [3.05, 3.63) is 41.3 Å². The lowest BCUT2D eigenvalue weighted by atomic mass is 10.3. The SMILES string of the molecule is CCN(CC)CCSc1nc(Nc2ccc(F)c(Cl)c2)n2nccc2n1. The highest BCUT2D eigenvalue weighted by atomic mass is 35.5. The van der Waals surface area contributed by atoms with Gasteiger partial charge in [0.1, 0.15) is 5.82 Å². The van der Waals surface area contributed by atoms with Crippen LogP contribution in [0.5, 0.6) is 0 Å². The van der Waals surface area contributed by atoms with E-state index in [0.717, 1.165) is 25.4 Å². The summed E-state index contributed by atoms with van der Waals surface area (Å²) in [6, 6.07) is 6.25. The highest BCUT2D eigenvalue weighted by molar-refractivity contribution is 7.99. The van der Waals surface area contributed by atoms with Crippen molar-refractivity contribution >= 4 is 40.6 Å². The molecule has 0 saturated heterocycles. The smallest absolute Gasteiger partial charge is 0.232 e. The number of anilines is 2. The Bertz CT molecular complexity index is 883. The molecule has 3 aromatic rings. The molecule has 0 amide bonds. The van der Waals surface area contributed by atoms with Gasteiger partial charge in [-0.1, -0.05) is 37.2 Å². The predicted octanol–water partition coefficient (Wildman–Crippen LogP) is 4.09. The summed E-state index contributed by atoms with van der Waals surface area (Å²) in [7, 11) is 0. The van der Waals surface area contributed by atoms with Crippen LogP contribution in [0.15, 0.2) is 35.6 Å². The lowest BCUT2D eigenvalue weighted by Gasteiger charge is -2.17. The van der Waals surface area contributed by atoms with Gasteiger partial charge >= 0.3 is 0 Å². The summed E-state index contributed by atoms with van der Waals surface area (Å²) in [5.74, 6) is 0.943. The van der Waals surface area contributed by atoms with Crippen molar-refractivity contribution in [2.45, 2.75) is 19.0 Å². The molecule has 0 atom stereocenters. The standard InChI is InChI=1S/C17H20ClFN6S/c1-3-24(4-2)9-10-26-17-22-15-7-8-20-25(15)16(23-17)21-12-5-6-14(19)13(18)11-12/h5-8,11H,3-4,9-10H2,1-2H3,(H,21,22,23). The lowest BCUT2D eigenvalue weighted by Crippen LogP contribution is -2.25. The number of hydrogen-bond donors (Lipinski definition) is 1. The number of hydrogen-bond acceptors (Lipinski definition) is 6. The Balaban J connectivity index is 1.80. The van der Waals surface area contributed by atoms with Gasteiger partial charge in [-0.15, -0.1) is 0 Å². The summed E-state index contributed by atoms with van der Waals surface area (Å²) < 4.78 is 15.0. The molecule has 3 rings (SSSR count). The van der Waals surface area contributed by atoms with Crippen LogP contribution in [0.1, 0.15) is 13.8 Å². The van der Waals surface area contributed by atoms with E-state index >= 15 is 0 Å². The molecule has 0 aliphatic carbocycles. The van der Waals surface area contributed by atoms with Crippen LogP contribution >= 0.6 is 23.4 Å². The van der Waals surface area contributed by atoms with Gasteiger partial charge in [0.05, 0.1) is 11.2 Å². The van der Waals surface area contributed by atoms with Crippen LogP contribution in [0, 0.1) is 5.82 Å². The normalized spacial score (nSPS) is 11.4. The minimum atomic E-state index is -0.461. The number of fused-ring (bicyclic) bond motifs is 1. The van der Waals surface area contributed by atoms with Crippen LogP contribution in [0.25, 0.3) is 5.65 Å². The first-order valence-corrected chi connectivity index (χ1v) is 9.76. The second kappa shape index (κ2) is 8.66. The summed E-state index contributed by atoms with van der Waals surface area (Å²) in [6.45, 7) is 7.33. The van der Waals surface area contributed by atoms with E-state index < -0.39 is 5.82 Å². The molecule has 9 heteroatoms. The molecule has 138 valence electrons. The average Bonchev–Trinajstić information content (AvgIpc) is 3.11. The molecule has 2 aromatic heterocycles. The zero-order valence-corrected chi connectivity index (χ0v) is 16.2. The summed E-state index contributed by atoms with van der Waals surface area (Å²) in [5.41, 5.74) is 1.33. The van der Waals surface area contributed by atoms with E-state index in [9.17, 15) is 4.39 Å². The molecule has 0 saturated carbocycles. The van der Waals surface area contributed by atoms with Crippen LogP contribution in [-0.2, 0) is 0 Å². The van der Waals surface area contributed by atoms with Crippen LogP contribution < -0.4 is 5.32 Å². The molecule has 2 heterocycles. The molecule has 1 N–H and O–H groups in total. The Morgan fingerprint density at radius 3 is 2.77 bits per heavy atom. The molecule has 0 aliphatic heterocycles. The maximum absolute atomic E-state index is 13.4. The molecule has 1 aromatic carbocycles. The van der Waals surface area contributed by atoms with Crippen molar-refractivity contribution in [3.8, 4) is 0 Å². The Morgan fingerprint density at radius 1 is 1.23 bits per heavy atom. The fourth-order valence-corrected chi connectivity index (χ4v) is 3.48. The second-order valence-corrected chi connectivity index (χ2v) is 7.03. The van der Waals surface area contributed by atoms with Gasteiger partial charge in [-0.3, -0.25) is 0 Å². The van der Waals surface area contributed by atoms with Crippen molar-refractivity contribution in [3.63, 3.8) is 0 Å². The third kappa shape index (κ3) is 4.44. The maximum atomic E-state index is 13.4. The van der Waals surface area contributed by atoms with Crippen molar-refractivity contribution in [2.75, 3.05) is 30.7 Å². The third-order valence-corrected chi connectivity index (χ3v) is 5.06. The molecule has 0 spiro atoms. The van der Waals surface area contributed by atoms with Crippen LogP contribution in [0.2, 0.25) is 5.02 Å². The van der Waals surface area contributed by atoms with Gasteiger partial charge in [-0.25, -0.2) is 9.37 Å². The molecule has 26 heavy (non-hydrogen) atoms. The Hall–Kier alpha value is -1.90. The van der Waals surface area contributed by atoms with Crippen LogP contribution in [-0.4, -0.2) is 49.9 Å². The Kier molecular flexibility index (Phi) is 6.29. The van der Waals surface area contributed by atoms with E-state index in [1.165, 1.54) is 12.1 Å². The highest BCUT2D eigenvalue weighted by Crippen LogP contribution is 2.23. The largest absolute Gasteiger partial charge is 0.324 e. The topological polar surface area (TPSA) is 58.4 Å². The number of nitrogens with one attached hydrogen (secondary N) is 1. The molecule has 0 fully saturated rings. The predicted molar refractivity (Wildman–Crippen MR) is 104 cm³/mol. The molecular formula is C17H20ClFN6S. The fraction of sp³-hybridized carbons (Fsp3) is 0.353. The molecule has 0 aliphatic rings. The van der Waals surface area contributed by atoms with Gasteiger partial charge < -0.3 is 10.2 Å². The summed E-state index contributed by atoms with van der Waals surface area (Å²) >= 11 is 7.45. The highest BCUT2D eigenvalue weighted by Gasteiger charge is 2.11. The van der Waals surface area contributed by atoms with E-state index in [0.29, 0.717) is 22.4 Å². The van der Waals surface area contributed by atoms with Crippen molar-refractivity contribution < 1.29 is 4.39 Å². The van der Waals surface area contributed by atoms with Gasteiger partial charge in [0, 0.05) is 24.1 Å². The van der Waals surface area contributed by atoms with Gasteiger partial charge in [0.25, 0.3) is 0 Å². The first-order chi connectivity index (χ1) is 12.6. The first kappa shape index (κ1) is 18.9. The quantitative estimate of drug-likeness (QED) is 0.580. The number of rotatable bonds is 8. The summed E-state index contributed by atoms with van der Waals surface area (Å²) in [6.07, 6.45) is 1.66. The monoisotopic (exact) mass is 394 g/mol. The van der Waals surface area contributed by atoms with Crippen LogP contribution in [0.4, 0.5) is 16.0 Å². The van der Waals surface area contributed by atoms with E-state index in [4.69, 9.17) is 11.6 Å². The van der Waals surface area contributed by atoms with Crippen molar-refractivity contribution in [1.29, 1.82) is 0 Å². The number of aromatic nitrogens is 4. The number of benzene rings is 1. The minimum absolute atomic E-state index is 0.0505. The molecular weight excluding hydrogens is 375 g/mol. The number of thioether (sulfide) groups is 1. The van der Waals surface area contributed by atoms with E-state index in [1.807, 2.05) is 6.07 Å². The van der Waals surface area contributed by atoms with Crippen molar-refractivity contribution in [1.82, 2.24) is 24.5 Å². The molecule has 0 unspecified atom stereocenters. The van der Waals surface area contributed by atoms with Gasteiger partial charge in [0.15, 0.2) is 10.8 Å². The Labute approximate surface area is 160 Å². The van der Waals surface area contributed by atoms with E-state index in [1.54, 1.807) is 28.5 Å². The third-order valence-electron chi connectivity index (χ3n) is 3.94. The fourth-order valence-electron chi connectivity index (χ4n) is 2.46. The van der Waals surface area contributed by atoms with Gasteiger partial charge in [-0.05, 0) is 31.3 Å². The van der Waals surface area contributed by atoms with Crippen LogP contribution in [0.3, 0.4) is 0 Å². The number of nitrogens with zero attached hydrogens (tertiary/aromatic N) is 5. The summed E-state index contributed by atoms with van der Waals surface area (Å²) in [4.78, 5) is 11.4.